The molecule has 2 aromatic heterocycles. The fourth-order valence-corrected chi connectivity index (χ4v) is 2.01. The molecule has 0 aliphatic carbocycles. The summed E-state index contributed by atoms with van der Waals surface area (Å²) < 4.78 is 18.0. The minimum absolute atomic E-state index is 0.0308. The molecule has 2 heterocycles. The normalized spacial score (nSPS) is 12.2. The fourth-order valence-electron chi connectivity index (χ4n) is 1.60. The van der Waals surface area contributed by atoms with Gasteiger partial charge in [0.05, 0.1) is 24.5 Å². The first-order valence-electron chi connectivity index (χ1n) is 5.65. The number of pyridine rings is 1. The maximum absolute atomic E-state index is 12.9. The summed E-state index contributed by atoms with van der Waals surface area (Å²) in [6.45, 7) is 0.317. The second kappa shape index (κ2) is 6.78. The molecule has 1 N–H and O–H groups in total. The largest absolute Gasteiger partial charge is 0.382 e. The minimum Gasteiger partial charge on any atom is -0.382 e. The third kappa shape index (κ3) is 4.00. The molecule has 106 valence electrons. The molecule has 8 heteroatoms. The molecule has 0 saturated carbocycles. The van der Waals surface area contributed by atoms with Gasteiger partial charge in [-0.15, -0.1) is 0 Å². The Hall–Kier alpha value is -1.50. The average molecular weight is 317 g/mol. The summed E-state index contributed by atoms with van der Waals surface area (Å²) in [7, 11) is 1.55. The van der Waals surface area contributed by atoms with Crippen molar-refractivity contribution in [3.05, 3.63) is 46.3 Å². The average Bonchev–Trinajstić information content (AvgIpc) is 2.38. The summed E-state index contributed by atoms with van der Waals surface area (Å²) in [5.74, 6) is 0.0289. The molecular formula is C12H11Cl2FN4O. The molecule has 0 saturated heterocycles. The molecule has 2 rings (SSSR count). The van der Waals surface area contributed by atoms with E-state index in [0.29, 0.717) is 18.1 Å². The number of methoxy groups -OCH3 is 1. The first kappa shape index (κ1) is 14.9. The van der Waals surface area contributed by atoms with E-state index in [0.717, 1.165) is 6.20 Å². The maximum atomic E-state index is 12.9. The van der Waals surface area contributed by atoms with Gasteiger partial charge in [0.25, 0.3) is 0 Å². The van der Waals surface area contributed by atoms with E-state index in [1.54, 1.807) is 13.2 Å². The van der Waals surface area contributed by atoms with Gasteiger partial charge in [-0.2, -0.15) is 0 Å². The van der Waals surface area contributed by atoms with Gasteiger partial charge in [-0.05, 0) is 23.7 Å². The number of nitrogens with one attached hydrogen (secondary N) is 1. The van der Waals surface area contributed by atoms with Crippen LogP contribution >= 0.6 is 23.2 Å². The molecule has 0 aromatic carbocycles. The van der Waals surface area contributed by atoms with Gasteiger partial charge < -0.3 is 10.1 Å². The Bertz CT molecular complexity index is 562. The van der Waals surface area contributed by atoms with Crippen LogP contribution in [0.1, 0.15) is 11.7 Å². The highest BCUT2D eigenvalue weighted by atomic mass is 35.5. The summed E-state index contributed by atoms with van der Waals surface area (Å²) in [6, 6.07) is 4.10. The van der Waals surface area contributed by atoms with Gasteiger partial charge in [-0.25, -0.2) is 14.4 Å². The van der Waals surface area contributed by atoms with Crippen LogP contribution in [0.15, 0.2) is 24.4 Å². The van der Waals surface area contributed by atoms with Crippen molar-refractivity contribution in [2.45, 2.75) is 6.04 Å². The van der Waals surface area contributed by atoms with Crippen LogP contribution in [-0.2, 0) is 4.74 Å². The summed E-state index contributed by atoms with van der Waals surface area (Å²) in [5.41, 5.74) is 0.610. The zero-order valence-corrected chi connectivity index (χ0v) is 12.0. The van der Waals surface area contributed by atoms with E-state index in [2.05, 4.69) is 20.3 Å². The van der Waals surface area contributed by atoms with E-state index < -0.39 is 5.82 Å². The Morgan fingerprint density at radius 1 is 1.35 bits per heavy atom. The van der Waals surface area contributed by atoms with Crippen molar-refractivity contribution in [1.29, 1.82) is 0 Å². The highest BCUT2D eigenvalue weighted by Crippen LogP contribution is 2.20. The molecule has 0 bridgehead atoms. The Labute approximate surface area is 125 Å². The number of nitrogens with zero attached hydrogens (tertiary/aromatic N) is 3. The number of rotatable bonds is 5. The van der Waals surface area contributed by atoms with Crippen molar-refractivity contribution in [3.8, 4) is 0 Å². The summed E-state index contributed by atoms with van der Waals surface area (Å²) >= 11 is 11.5. The number of halogens is 3. The number of hydrogen-bond donors (Lipinski definition) is 1. The quantitative estimate of drug-likeness (QED) is 0.678. The van der Waals surface area contributed by atoms with Gasteiger partial charge in [-0.3, -0.25) is 4.98 Å². The van der Waals surface area contributed by atoms with Crippen LogP contribution in [0.2, 0.25) is 10.4 Å². The van der Waals surface area contributed by atoms with Crippen LogP contribution in [0.25, 0.3) is 0 Å². The molecular weight excluding hydrogens is 306 g/mol. The molecule has 0 aliphatic heterocycles. The molecule has 0 amide bonds. The SMILES string of the molecule is COCC(Nc1cc(Cl)nc(Cl)n1)c1ccc(F)cn1. The fraction of sp³-hybridized carbons (Fsp3) is 0.250. The van der Waals surface area contributed by atoms with E-state index in [1.165, 1.54) is 12.1 Å². The second-order valence-electron chi connectivity index (χ2n) is 3.90. The zero-order chi connectivity index (χ0) is 14.5. The van der Waals surface area contributed by atoms with Gasteiger partial charge in [0.1, 0.15) is 16.8 Å². The van der Waals surface area contributed by atoms with Gasteiger partial charge in [0.15, 0.2) is 0 Å². The smallest absolute Gasteiger partial charge is 0.225 e. The number of ether oxygens (including phenoxy) is 1. The molecule has 1 atom stereocenters. The lowest BCUT2D eigenvalue weighted by molar-refractivity contribution is 0.185. The summed E-state index contributed by atoms with van der Waals surface area (Å²) in [6.07, 6.45) is 1.14. The van der Waals surface area contributed by atoms with Gasteiger partial charge >= 0.3 is 0 Å². The molecule has 2 aromatic rings. The number of anilines is 1. The Morgan fingerprint density at radius 3 is 2.75 bits per heavy atom. The molecule has 0 spiro atoms. The van der Waals surface area contributed by atoms with Crippen LogP contribution in [-0.4, -0.2) is 28.7 Å². The molecule has 1 unspecified atom stereocenters. The van der Waals surface area contributed by atoms with Crippen molar-refractivity contribution in [2.75, 3.05) is 19.0 Å². The van der Waals surface area contributed by atoms with E-state index in [9.17, 15) is 4.39 Å². The van der Waals surface area contributed by atoms with Crippen LogP contribution < -0.4 is 5.32 Å². The van der Waals surface area contributed by atoms with E-state index in [1.807, 2.05) is 0 Å². The molecule has 20 heavy (non-hydrogen) atoms. The predicted octanol–water partition coefficient (Wildman–Crippen LogP) is 3.12. The first-order valence-corrected chi connectivity index (χ1v) is 6.41. The van der Waals surface area contributed by atoms with Gasteiger partial charge in [0.2, 0.25) is 5.28 Å². The number of hydrogen-bond acceptors (Lipinski definition) is 5. The van der Waals surface area contributed by atoms with Crippen LogP contribution in [0, 0.1) is 5.82 Å². The van der Waals surface area contributed by atoms with Crippen LogP contribution in [0.3, 0.4) is 0 Å². The van der Waals surface area contributed by atoms with Crippen molar-refractivity contribution in [2.24, 2.45) is 0 Å². The van der Waals surface area contributed by atoms with E-state index >= 15 is 0 Å². The minimum atomic E-state index is -0.405. The predicted molar refractivity (Wildman–Crippen MR) is 74.5 cm³/mol. The van der Waals surface area contributed by atoms with Gasteiger partial charge in [-0.1, -0.05) is 11.6 Å². The first-order chi connectivity index (χ1) is 9.58. The van der Waals surface area contributed by atoms with Crippen LogP contribution in [0.5, 0.6) is 0 Å². The highest BCUT2D eigenvalue weighted by molar-refractivity contribution is 6.32. The van der Waals surface area contributed by atoms with Crippen molar-refractivity contribution in [1.82, 2.24) is 15.0 Å². The zero-order valence-electron chi connectivity index (χ0n) is 10.5. The lowest BCUT2D eigenvalue weighted by Crippen LogP contribution is -2.18. The second-order valence-corrected chi connectivity index (χ2v) is 4.62. The third-order valence-corrected chi connectivity index (χ3v) is 2.79. The molecule has 0 fully saturated rings. The van der Waals surface area contributed by atoms with Crippen molar-refractivity contribution >= 4 is 29.0 Å². The highest BCUT2D eigenvalue weighted by Gasteiger charge is 2.14. The monoisotopic (exact) mass is 316 g/mol. The van der Waals surface area contributed by atoms with Crippen molar-refractivity contribution < 1.29 is 9.13 Å². The summed E-state index contributed by atoms with van der Waals surface area (Å²) in [4.78, 5) is 11.8. The molecule has 0 aliphatic rings. The maximum Gasteiger partial charge on any atom is 0.225 e. The Balaban J connectivity index is 2.22. The topological polar surface area (TPSA) is 59.9 Å². The lowest BCUT2D eigenvalue weighted by Gasteiger charge is -2.18. The number of aromatic nitrogens is 3. The van der Waals surface area contributed by atoms with E-state index in [-0.39, 0.29) is 16.5 Å². The Morgan fingerprint density at radius 2 is 2.15 bits per heavy atom. The van der Waals surface area contributed by atoms with E-state index in [4.69, 9.17) is 27.9 Å². The third-order valence-electron chi connectivity index (χ3n) is 2.43. The standard InChI is InChI=1S/C12H11Cl2FN4O/c1-20-6-9(8-3-2-7(15)5-16-8)17-11-4-10(13)18-12(14)19-11/h2-5,9H,6H2,1H3,(H,17,18,19). The molecule has 5 nitrogen and oxygen atoms in total. The van der Waals surface area contributed by atoms with Gasteiger partial charge in [0, 0.05) is 13.2 Å². The van der Waals surface area contributed by atoms with Crippen LogP contribution in [0.4, 0.5) is 10.2 Å². The summed E-state index contributed by atoms with van der Waals surface area (Å²) in [5, 5.41) is 3.32. The Kier molecular flexibility index (Phi) is 5.05. The molecule has 0 radical (unpaired) electrons. The lowest BCUT2D eigenvalue weighted by atomic mass is 10.2. The van der Waals surface area contributed by atoms with Crippen molar-refractivity contribution in [3.63, 3.8) is 0 Å².